The van der Waals surface area contributed by atoms with Gasteiger partial charge in [0.1, 0.15) is 0 Å². The summed E-state index contributed by atoms with van der Waals surface area (Å²) in [5, 5.41) is 9.14. The molecule has 0 saturated heterocycles. The molecule has 1 atom stereocenters. The molecular weight excluding hydrogens is 138 g/mol. The Kier molecular flexibility index (Phi) is 3.34. The molecule has 1 aliphatic rings. The van der Waals surface area contributed by atoms with E-state index in [0.717, 1.165) is 12.6 Å². The summed E-state index contributed by atoms with van der Waals surface area (Å²) in [5.74, 6) is 0. The van der Waals surface area contributed by atoms with Gasteiger partial charge in [0.05, 0.1) is 6.10 Å². The van der Waals surface area contributed by atoms with Crippen LogP contribution < -0.4 is 0 Å². The van der Waals surface area contributed by atoms with E-state index in [9.17, 15) is 0 Å². The predicted molar refractivity (Wildman–Crippen MR) is 46.6 cm³/mol. The second-order valence-electron chi connectivity index (χ2n) is 3.73. The molecule has 0 bridgehead atoms. The number of nitrogens with zero attached hydrogens (tertiary/aromatic N) is 1. The second-order valence-corrected chi connectivity index (χ2v) is 3.73. The molecular formula is C9H19NO. The Labute approximate surface area is 69.2 Å². The standard InChI is InChI=1S/C9H19NO/c1-8(11)7-10(2)9-5-3-4-6-9/h8-9,11H,3-7H2,1-2H3/t8-/m1/s1. The van der Waals surface area contributed by atoms with Crippen LogP contribution in [0.5, 0.6) is 0 Å². The molecule has 0 aromatic rings. The summed E-state index contributed by atoms with van der Waals surface area (Å²) in [4.78, 5) is 2.29. The van der Waals surface area contributed by atoms with Crippen LogP contribution in [0, 0.1) is 0 Å². The first-order chi connectivity index (χ1) is 5.20. The number of aliphatic hydroxyl groups is 1. The lowest BCUT2D eigenvalue weighted by molar-refractivity contribution is 0.118. The van der Waals surface area contributed by atoms with Crippen molar-refractivity contribution in [1.29, 1.82) is 0 Å². The maximum Gasteiger partial charge on any atom is 0.0639 e. The summed E-state index contributed by atoms with van der Waals surface area (Å²) in [7, 11) is 2.11. The minimum Gasteiger partial charge on any atom is -0.392 e. The van der Waals surface area contributed by atoms with E-state index in [1.807, 2.05) is 6.92 Å². The normalized spacial score (nSPS) is 22.9. The van der Waals surface area contributed by atoms with Crippen LogP contribution in [0.2, 0.25) is 0 Å². The van der Waals surface area contributed by atoms with Crippen LogP contribution in [0.25, 0.3) is 0 Å². The maximum absolute atomic E-state index is 9.14. The Morgan fingerprint density at radius 2 is 2.00 bits per heavy atom. The highest BCUT2D eigenvalue weighted by Crippen LogP contribution is 2.22. The smallest absolute Gasteiger partial charge is 0.0639 e. The molecule has 1 aliphatic carbocycles. The van der Waals surface area contributed by atoms with Crippen LogP contribution in [-0.2, 0) is 0 Å². The highest BCUT2D eigenvalue weighted by atomic mass is 16.3. The third-order valence-electron chi connectivity index (χ3n) is 2.50. The molecule has 0 aliphatic heterocycles. The number of aliphatic hydroxyl groups excluding tert-OH is 1. The van der Waals surface area contributed by atoms with Crippen molar-refractivity contribution in [3.05, 3.63) is 0 Å². The van der Waals surface area contributed by atoms with Gasteiger partial charge in [0.25, 0.3) is 0 Å². The van der Waals surface area contributed by atoms with Crippen molar-refractivity contribution in [2.75, 3.05) is 13.6 Å². The van der Waals surface area contributed by atoms with Gasteiger partial charge in [0.15, 0.2) is 0 Å². The topological polar surface area (TPSA) is 23.5 Å². The quantitative estimate of drug-likeness (QED) is 0.666. The summed E-state index contributed by atoms with van der Waals surface area (Å²) in [5.41, 5.74) is 0. The first-order valence-corrected chi connectivity index (χ1v) is 4.58. The molecule has 0 radical (unpaired) electrons. The van der Waals surface area contributed by atoms with Gasteiger partial charge in [-0.15, -0.1) is 0 Å². The van der Waals surface area contributed by atoms with Crippen LogP contribution in [-0.4, -0.2) is 35.7 Å². The molecule has 2 nitrogen and oxygen atoms in total. The van der Waals surface area contributed by atoms with Crippen molar-refractivity contribution in [1.82, 2.24) is 4.90 Å². The highest BCUT2D eigenvalue weighted by molar-refractivity contribution is 4.75. The van der Waals surface area contributed by atoms with E-state index in [1.54, 1.807) is 0 Å². The summed E-state index contributed by atoms with van der Waals surface area (Å²) in [6, 6.07) is 0.740. The van der Waals surface area contributed by atoms with Gasteiger partial charge in [-0.2, -0.15) is 0 Å². The summed E-state index contributed by atoms with van der Waals surface area (Å²) < 4.78 is 0. The average molecular weight is 157 g/mol. The van der Waals surface area contributed by atoms with Gasteiger partial charge in [-0.1, -0.05) is 12.8 Å². The fraction of sp³-hybridized carbons (Fsp3) is 1.00. The molecule has 0 unspecified atom stereocenters. The van der Waals surface area contributed by atoms with E-state index >= 15 is 0 Å². The summed E-state index contributed by atoms with van der Waals surface area (Å²) >= 11 is 0. The molecule has 1 fully saturated rings. The Balaban J connectivity index is 2.22. The van der Waals surface area contributed by atoms with Crippen molar-refractivity contribution in [3.8, 4) is 0 Å². The van der Waals surface area contributed by atoms with Gasteiger partial charge in [0, 0.05) is 12.6 Å². The highest BCUT2D eigenvalue weighted by Gasteiger charge is 2.19. The van der Waals surface area contributed by atoms with Gasteiger partial charge in [-0.3, -0.25) is 0 Å². The van der Waals surface area contributed by atoms with Crippen molar-refractivity contribution in [3.63, 3.8) is 0 Å². The number of likely N-dealkylation sites (N-methyl/N-ethyl adjacent to an activating group) is 1. The van der Waals surface area contributed by atoms with Crippen molar-refractivity contribution in [2.45, 2.75) is 44.8 Å². The van der Waals surface area contributed by atoms with E-state index in [2.05, 4.69) is 11.9 Å². The third kappa shape index (κ3) is 2.80. The van der Waals surface area contributed by atoms with Crippen molar-refractivity contribution < 1.29 is 5.11 Å². The van der Waals surface area contributed by atoms with Crippen LogP contribution in [0.4, 0.5) is 0 Å². The molecule has 1 saturated carbocycles. The lowest BCUT2D eigenvalue weighted by atomic mass is 10.2. The molecule has 0 aromatic carbocycles. The lowest BCUT2D eigenvalue weighted by Crippen LogP contribution is -2.34. The number of rotatable bonds is 3. The summed E-state index contributed by atoms with van der Waals surface area (Å²) in [6.45, 7) is 2.68. The molecule has 0 aromatic heterocycles. The zero-order chi connectivity index (χ0) is 8.27. The van der Waals surface area contributed by atoms with Crippen LogP contribution in [0.3, 0.4) is 0 Å². The van der Waals surface area contributed by atoms with Crippen molar-refractivity contribution >= 4 is 0 Å². The SMILES string of the molecule is C[C@@H](O)CN(C)C1CCCC1. The van der Waals surface area contributed by atoms with E-state index in [4.69, 9.17) is 5.11 Å². The molecule has 1 N–H and O–H groups in total. The average Bonchev–Trinajstić information content (AvgIpc) is 2.35. The third-order valence-corrected chi connectivity index (χ3v) is 2.50. The molecule has 11 heavy (non-hydrogen) atoms. The molecule has 2 heteroatoms. The van der Waals surface area contributed by atoms with E-state index < -0.39 is 0 Å². The van der Waals surface area contributed by atoms with Crippen LogP contribution in [0.1, 0.15) is 32.6 Å². The molecule has 0 amide bonds. The Bertz CT molecular complexity index is 108. The monoisotopic (exact) mass is 157 g/mol. The Hall–Kier alpha value is -0.0800. The zero-order valence-corrected chi connectivity index (χ0v) is 7.58. The first-order valence-electron chi connectivity index (χ1n) is 4.58. The Morgan fingerprint density at radius 1 is 1.45 bits per heavy atom. The van der Waals surface area contributed by atoms with Gasteiger partial charge in [-0.25, -0.2) is 0 Å². The Morgan fingerprint density at radius 3 is 2.45 bits per heavy atom. The molecule has 66 valence electrons. The van der Waals surface area contributed by atoms with Gasteiger partial charge < -0.3 is 10.0 Å². The maximum atomic E-state index is 9.14. The minimum atomic E-state index is -0.180. The zero-order valence-electron chi connectivity index (χ0n) is 7.58. The second kappa shape index (κ2) is 4.07. The molecule has 1 rings (SSSR count). The fourth-order valence-corrected chi connectivity index (χ4v) is 1.91. The largest absolute Gasteiger partial charge is 0.392 e. The van der Waals surface area contributed by atoms with E-state index in [0.29, 0.717) is 0 Å². The van der Waals surface area contributed by atoms with Gasteiger partial charge >= 0.3 is 0 Å². The van der Waals surface area contributed by atoms with Crippen LogP contribution >= 0.6 is 0 Å². The predicted octanol–water partition coefficient (Wildman–Crippen LogP) is 1.24. The van der Waals surface area contributed by atoms with Crippen LogP contribution in [0.15, 0.2) is 0 Å². The molecule has 0 spiro atoms. The van der Waals surface area contributed by atoms with Gasteiger partial charge in [-0.05, 0) is 26.8 Å². The van der Waals surface area contributed by atoms with Gasteiger partial charge in [0.2, 0.25) is 0 Å². The van der Waals surface area contributed by atoms with E-state index in [1.165, 1.54) is 25.7 Å². The summed E-state index contributed by atoms with van der Waals surface area (Å²) in [6.07, 6.45) is 5.20. The number of hydrogen-bond acceptors (Lipinski definition) is 2. The first kappa shape index (κ1) is 9.01. The van der Waals surface area contributed by atoms with Crippen molar-refractivity contribution in [2.24, 2.45) is 0 Å². The number of hydrogen-bond donors (Lipinski definition) is 1. The minimum absolute atomic E-state index is 0.180. The fourth-order valence-electron chi connectivity index (χ4n) is 1.91. The van der Waals surface area contributed by atoms with E-state index in [-0.39, 0.29) is 6.10 Å². The molecule has 0 heterocycles. The lowest BCUT2D eigenvalue weighted by Gasteiger charge is -2.24.